The van der Waals surface area contributed by atoms with Crippen molar-refractivity contribution < 1.29 is 17.6 Å². The Bertz CT molecular complexity index is 1260. The number of anilines is 1. The molecule has 3 aromatic rings. The Morgan fingerprint density at radius 3 is 2.83 bits per heavy atom. The molecule has 3 heterocycles. The Labute approximate surface area is 170 Å². The van der Waals surface area contributed by atoms with Crippen molar-refractivity contribution in [1.82, 2.24) is 13.6 Å². The van der Waals surface area contributed by atoms with Crippen molar-refractivity contribution in [3.63, 3.8) is 0 Å². The Kier molecular flexibility index (Phi) is 4.99. The molecule has 0 radical (unpaired) electrons. The summed E-state index contributed by atoms with van der Waals surface area (Å²) in [5.74, 6) is -0.699. The molecule has 0 saturated carbocycles. The summed E-state index contributed by atoms with van der Waals surface area (Å²) in [6.45, 7) is 0.526. The topological polar surface area (TPSA) is 113 Å². The van der Waals surface area contributed by atoms with Crippen LogP contribution in [0.2, 0.25) is 0 Å². The first kappa shape index (κ1) is 19.7. The van der Waals surface area contributed by atoms with E-state index in [0.717, 1.165) is 16.6 Å². The third-order valence-corrected chi connectivity index (χ3v) is 7.45. The Morgan fingerprint density at radius 1 is 1.31 bits per heavy atom. The van der Waals surface area contributed by atoms with Gasteiger partial charge in [0, 0.05) is 38.0 Å². The van der Waals surface area contributed by atoms with Crippen LogP contribution in [0.1, 0.15) is 21.1 Å². The van der Waals surface area contributed by atoms with Crippen LogP contribution in [0.3, 0.4) is 0 Å². The predicted molar refractivity (Wildman–Crippen MR) is 109 cm³/mol. The van der Waals surface area contributed by atoms with Crippen molar-refractivity contribution >= 4 is 43.6 Å². The summed E-state index contributed by atoms with van der Waals surface area (Å²) >= 11 is 1.21. The summed E-state index contributed by atoms with van der Waals surface area (Å²) in [4.78, 5) is 29.9. The monoisotopic (exact) mass is 434 g/mol. The minimum Gasteiger partial charge on any atom is -0.451 e. The Balaban J connectivity index is 1.56. The third-order valence-electron chi connectivity index (χ3n) is 4.56. The molecule has 29 heavy (non-hydrogen) atoms. The first-order valence-electron chi connectivity index (χ1n) is 8.76. The molecule has 1 aromatic carbocycles. The third kappa shape index (κ3) is 3.69. The molecule has 152 valence electrons. The molecular weight excluding hydrogens is 416 g/mol. The van der Waals surface area contributed by atoms with Crippen molar-refractivity contribution in [2.45, 2.75) is 13.0 Å². The number of nitrogens with zero attached hydrogens (tertiary/aromatic N) is 3. The average Bonchev–Trinajstić information content (AvgIpc) is 3.09. The van der Waals surface area contributed by atoms with Crippen molar-refractivity contribution in [2.24, 2.45) is 0 Å². The number of carbonyl (C=O) groups is 1. The normalized spacial score (nSPS) is 14.9. The zero-order valence-electron chi connectivity index (χ0n) is 15.7. The maximum absolute atomic E-state index is 12.5. The number of aromatic nitrogens is 1. The lowest BCUT2D eigenvalue weighted by Gasteiger charge is -2.27. The lowest BCUT2D eigenvalue weighted by Crippen LogP contribution is -2.42. The van der Waals surface area contributed by atoms with Crippen LogP contribution in [0.15, 0.2) is 39.5 Å². The first-order chi connectivity index (χ1) is 13.8. The fourth-order valence-corrected chi connectivity index (χ4v) is 5.20. The lowest BCUT2D eigenvalue weighted by atomic mass is 10.2. The van der Waals surface area contributed by atoms with Crippen LogP contribution < -0.4 is 10.7 Å². The highest BCUT2D eigenvalue weighted by Crippen LogP contribution is 2.30. The number of rotatable bonds is 4. The van der Waals surface area contributed by atoms with Crippen molar-refractivity contribution in [2.75, 3.05) is 26.0 Å². The summed E-state index contributed by atoms with van der Waals surface area (Å²) in [7, 11) is -0.543. The van der Waals surface area contributed by atoms with Crippen LogP contribution in [0.25, 0.3) is 11.0 Å². The minimum atomic E-state index is -3.52. The van der Waals surface area contributed by atoms with Gasteiger partial charge >= 0.3 is 0 Å². The number of para-hydroxylation sites is 1. The number of fused-ring (bicyclic) bond motifs is 2. The molecule has 0 unspecified atom stereocenters. The summed E-state index contributed by atoms with van der Waals surface area (Å²) in [5.41, 5.74) is 0.781. The summed E-state index contributed by atoms with van der Waals surface area (Å²) in [6.07, 6.45) is 0.458. The average molecular weight is 434 g/mol. The molecule has 9 nitrogen and oxygen atoms in total. The molecule has 11 heteroatoms. The highest BCUT2D eigenvalue weighted by Gasteiger charge is 2.30. The maximum Gasteiger partial charge on any atom is 0.293 e. The number of benzene rings is 1. The van der Waals surface area contributed by atoms with Gasteiger partial charge in [-0.05, 0) is 12.1 Å². The lowest BCUT2D eigenvalue weighted by molar-refractivity contribution is 0.0997. The Hall–Kier alpha value is -2.60. The first-order valence-corrected chi connectivity index (χ1v) is 11.0. The van der Waals surface area contributed by atoms with E-state index in [-0.39, 0.29) is 17.7 Å². The van der Waals surface area contributed by atoms with Gasteiger partial charge in [-0.2, -0.15) is 17.0 Å². The second-order valence-electron chi connectivity index (χ2n) is 6.69. The van der Waals surface area contributed by atoms with Gasteiger partial charge in [-0.15, -0.1) is 11.3 Å². The molecule has 1 amide bonds. The standard InChI is InChI=1S/C18H18N4O5S2/c1-21(2)29(25,26)22-8-7-12-16(10-22)28-18(19-12)20-17(24)15-9-13(23)11-5-3-4-6-14(11)27-15/h3-6,9H,7-8,10H2,1-2H3,(H,19,20,24). The van der Waals surface area contributed by atoms with Gasteiger partial charge in [0.15, 0.2) is 16.3 Å². The van der Waals surface area contributed by atoms with Gasteiger partial charge in [0.2, 0.25) is 0 Å². The fourth-order valence-electron chi connectivity index (χ4n) is 3.03. The zero-order chi connectivity index (χ0) is 20.8. The highest BCUT2D eigenvalue weighted by molar-refractivity contribution is 7.86. The van der Waals surface area contributed by atoms with E-state index in [0.29, 0.717) is 29.1 Å². The van der Waals surface area contributed by atoms with Crippen LogP contribution >= 0.6 is 11.3 Å². The van der Waals surface area contributed by atoms with E-state index in [1.54, 1.807) is 24.3 Å². The van der Waals surface area contributed by atoms with Gasteiger partial charge in [0.1, 0.15) is 5.58 Å². The number of hydrogen-bond donors (Lipinski definition) is 1. The van der Waals surface area contributed by atoms with Crippen molar-refractivity contribution in [1.29, 1.82) is 0 Å². The summed E-state index contributed by atoms with van der Waals surface area (Å²) in [6, 6.07) is 7.84. The summed E-state index contributed by atoms with van der Waals surface area (Å²) < 4.78 is 32.7. The second kappa shape index (κ2) is 7.34. The summed E-state index contributed by atoms with van der Waals surface area (Å²) in [5, 5.41) is 3.37. The van der Waals surface area contributed by atoms with E-state index in [1.165, 1.54) is 34.0 Å². The smallest absolute Gasteiger partial charge is 0.293 e. The van der Waals surface area contributed by atoms with E-state index < -0.39 is 16.1 Å². The van der Waals surface area contributed by atoms with Crippen LogP contribution in [0, 0.1) is 0 Å². The van der Waals surface area contributed by atoms with E-state index in [1.807, 2.05) is 0 Å². The molecule has 0 fully saturated rings. The maximum atomic E-state index is 12.5. The molecule has 4 rings (SSSR count). The van der Waals surface area contributed by atoms with Crippen LogP contribution in [-0.4, -0.2) is 48.6 Å². The van der Waals surface area contributed by atoms with Gasteiger partial charge in [-0.3, -0.25) is 14.9 Å². The molecule has 0 saturated heterocycles. The van der Waals surface area contributed by atoms with Gasteiger partial charge in [0.25, 0.3) is 16.1 Å². The zero-order valence-corrected chi connectivity index (χ0v) is 17.3. The molecule has 0 spiro atoms. The van der Waals surface area contributed by atoms with Crippen molar-refractivity contribution in [3.8, 4) is 0 Å². The highest BCUT2D eigenvalue weighted by atomic mass is 32.2. The SMILES string of the molecule is CN(C)S(=O)(=O)N1CCc2nc(NC(=O)c3cc(=O)c4ccccc4o3)sc2C1. The van der Waals surface area contributed by atoms with E-state index in [2.05, 4.69) is 10.3 Å². The molecule has 0 bridgehead atoms. The molecule has 1 N–H and O–H groups in total. The van der Waals surface area contributed by atoms with Crippen LogP contribution in [0.4, 0.5) is 5.13 Å². The number of carbonyl (C=O) groups excluding carboxylic acids is 1. The number of nitrogens with one attached hydrogen (secondary N) is 1. The fraction of sp³-hybridized carbons (Fsp3) is 0.278. The van der Waals surface area contributed by atoms with Gasteiger partial charge in [-0.25, -0.2) is 4.98 Å². The molecule has 1 aliphatic heterocycles. The van der Waals surface area contributed by atoms with Gasteiger partial charge < -0.3 is 4.42 Å². The number of thiazole rings is 1. The quantitative estimate of drug-likeness (QED) is 0.668. The van der Waals surface area contributed by atoms with E-state index >= 15 is 0 Å². The number of hydrogen-bond acceptors (Lipinski definition) is 7. The van der Waals surface area contributed by atoms with Crippen LogP contribution in [0.5, 0.6) is 0 Å². The molecule has 1 aliphatic rings. The van der Waals surface area contributed by atoms with E-state index in [9.17, 15) is 18.0 Å². The van der Waals surface area contributed by atoms with E-state index in [4.69, 9.17) is 4.42 Å². The molecule has 2 aromatic heterocycles. The van der Waals surface area contributed by atoms with Crippen LogP contribution in [-0.2, 0) is 23.2 Å². The molecular formula is C18H18N4O5S2. The Morgan fingerprint density at radius 2 is 2.07 bits per heavy atom. The largest absolute Gasteiger partial charge is 0.451 e. The van der Waals surface area contributed by atoms with Gasteiger partial charge in [-0.1, -0.05) is 12.1 Å². The second-order valence-corrected chi connectivity index (χ2v) is 9.91. The van der Waals surface area contributed by atoms with Crippen molar-refractivity contribution in [3.05, 3.63) is 56.9 Å². The minimum absolute atomic E-state index is 0.112. The molecule has 0 aliphatic carbocycles. The predicted octanol–water partition coefficient (Wildman–Crippen LogP) is 1.67. The molecule has 0 atom stereocenters. The van der Waals surface area contributed by atoms with Gasteiger partial charge in [0.05, 0.1) is 17.6 Å². The number of amides is 1.